The number of aryl methyl sites for hydroxylation is 1. The molecule has 0 saturated carbocycles. The molecule has 22 heavy (non-hydrogen) atoms. The van der Waals surface area contributed by atoms with Crippen molar-refractivity contribution < 1.29 is 9.66 Å². The summed E-state index contributed by atoms with van der Waals surface area (Å²) in [6.45, 7) is 0.117. The van der Waals surface area contributed by atoms with Crippen molar-refractivity contribution >= 4 is 40.4 Å². The number of aromatic amines is 1. The fourth-order valence-electron chi connectivity index (χ4n) is 1.95. The first kappa shape index (κ1) is 14.6. The van der Waals surface area contributed by atoms with E-state index >= 15 is 0 Å². The highest BCUT2D eigenvalue weighted by Crippen LogP contribution is 2.28. The lowest BCUT2D eigenvalue weighted by Gasteiger charge is -2.06. The zero-order valence-corrected chi connectivity index (χ0v) is 12.7. The van der Waals surface area contributed by atoms with Gasteiger partial charge in [-0.3, -0.25) is 0 Å². The second kappa shape index (κ2) is 5.47. The maximum atomic E-state index is 10.8. The predicted molar refractivity (Wildman–Crippen MR) is 80.3 cm³/mol. The maximum absolute atomic E-state index is 10.8. The van der Waals surface area contributed by atoms with Crippen molar-refractivity contribution in [3.8, 4) is 5.75 Å². The van der Waals surface area contributed by atoms with Crippen molar-refractivity contribution in [2.24, 2.45) is 7.05 Å². The molecule has 0 amide bonds. The molecule has 0 aliphatic rings. The molecule has 0 atom stereocenters. The molecule has 0 unspecified atom stereocenters. The fraction of sp³-hybridized carbons (Fsp3) is 0.167. The summed E-state index contributed by atoms with van der Waals surface area (Å²) in [7, 11) is 1.52. The Balaban J connectivity index is 1.81. The molecule has 1 N–H and O–H groups in total. The van der Waals surface area contributed by atoms with Crippen LogP contribution in [0.15, 0.2) is 18.2 Å². The van der Waals surface area contributed by atoms with Crippen LogP contribution in [-0.4, -0.2) is 24.4 Å². The largest absolute Gasteiger partial charge is 0.484 e. The lowest BCUT2D eigenvalue weighted by atomic mass is 10.3. The van der Waals surface area contributed by atoms with Crippen LogP contribution in [0.5, 0.6) is 5.75 Å². The van der Waals surface area contributed by atoms with Gasteiger partial charge in [0.25, 0.3) is 11.3 Å². The molecule has 0 aliphatic carbocycles. The average Bonchev–Trinajstić information content (AvgIpc) is 2.97. The second-order valence-corrected chi connectivity index (χ2v) is 5.29. The molecule has 2 heterocycles. The van der Waals surface area contributed by atoms with Crippen LogP contribution in [0.1, 0.15) is 5.82 Å². The van der Waals surface area contributed by atoms with Gasteiger partial charge < -0.3 is 19.8 Å². The minimum absolute atomic E-state index is 0.117. The van der Waals surface area contributed by atoms with Crippen LogP contribution in [0.2, 0.25) is 10.0 Å². The number of fused-ring (bicyclic) bond motifs is 1. The molecule has 8 nitrogen and oxygen atoms in total. The van der Waals surface area contributed by atoms with Crippen LogP contribution in [-0.2, 0) is 13.7 Å². The van der Waals surface area contributed by atoms with Crippen LogP contribution < -0.4 is 4.74 Å². The third kappa shape index (κ3) is 2.58. The molecule has 0 fully saturated rings. The van der Waals surface area contributed by atoms with Crippen molar-refractivity contribution in [2.45, 2.75) is 6.61 Å². The van der Waals surface area contributed by atoms with Crippen molar-refractivity contribution in [1.82, 2.24) is 19.5 Å². The van der Waals surface area contributed by atoms with E-state index in [-0.39, 0.29) is 12.6 Å². The fourth-order valence-corrected chi connectivity index (χ4v) is 2.42. The SMILES string of the molecule is Cn1c([N+](=O)[O-])nc2[nH]c(COc3ccc(Cl)cc3Cl)nc21. The third-order valence-corrected chi connectivity index (χ3v) is 3.50. The van der Waals surface area contributed by atoms with Gasteiger partial charge in [-0.2, -0.15) is 4.98 Å². The normalized spacial score (nSPS) is 11.0. The number of ether oxygens (including phenoxy) is 1. The predicted octanol–water partition coefficient (Wildman–Crippen LogP) is 3.09. The minimum atomic E-state index is -0.570. The number of rotatable bonds is 4. The molecule has 114 valence electrons. The lowest BCUT2D eigenvalue weighted by molar-refractivity contribution is -0.396. The van der Waals surface area contributed by atoms with Gasteiger partial charge in [0.15, 0.2) is 5.82 Å². The second-order valence-electron chi connectivity index (χ2n) is 4.45. The van der Waals surface area contributed by atoms with Crippen LogP contribution >= 0.6 is 23.2 Å². The number of hydrogen-bond donors (Lipinski definition) is 1. The van der Waals surface area contributed by atoms with E-state index in [9.17, 15) is 10.1 Å². The van der Waals surface area contributed by atoms with E-state index in [1.807, 2.05) is 0 Å². The van der Waals surface area contributed by atoms with E-state index in [2.05, 4.69) is 15.0 Å². The Morgan fingerprint density at radius 1 is 1.41 bits per heavy atom. The van der Waals surface area contributed by atoms with E-state index in [1.54, 1.807) is 18.2 Å². The molecule has 0 spiro atoms. The Hall–Kier alpha value is -2.32. The zero-order chi connectivity index (χ0) is 15.9. The summed E-state index contributed by atoms with van der Waals surface area (Å²) in [4.78, 5) is 21.2. The summed E-state index contributed by atoms with van der Waals surface area (Å²) in [6, 6.07) is 4.88. The minimum Gasteiger partial charge on any atom is -0.484 e. The monoisotopic (exact) mass is 341 g/mol. The topological polar surface area (TPSA) is 98.9 Å². The number of H-pyrrole nitrogens is 1. The first-order chi connectivity index (χ1) is 10.5. The molecule has 1 aromatic carbocycles. The first-order valence-electron chi connectivity index (χ1n) is 6.09. The van der Waals surface area contributed by atoms with Gasteiger partial charge in [0.1, 0.15) is 12.4 Å². The van der Waals surface area contributed by atoms with E-state index in [1.165, 1.54) is 11.6 Å². The summed E-state index contributed by atoms with van der Waals surface area (Å²) in [5.74, 6) is 0.668. The number of hydrogen-bond acceptors (Lipinski definition) is 5. The number of nitrogens with zero attached hydrogens (tertiary/aromatic N) is 4. The van der Waals surface area contributed by atoms with Gasteiger partial charge in [0, 0.05) is 5.02 Å². The first-order valence-corrected chi connectivity index (χ1v) is 6.85. The Labute approximate surface area is 133 Å². The molecule has 3 aromatic rings. The summed E-state index contributed by atoms with van der Waals surface area (Å²) < 4.78 is 6.84. The third-order valence-electron chi connectivity index (χ3n) is 2.97. The van der Waals surface area contributed by atoms with Gasteiger partial charge in [-0.25, -0.2) is 4.57 Å². The average molecular weight is 342 g/mol. The zero-order valence-electron chi connectivity index (χ0n) is 11.2. The summed E-state index contributed by atoms with van der Waals surface area (Å²) in [5, 5.41) is 11.7. The molecule has 0 radical (unpaired) electrons. The van der Waals surface area contributed by atoms with E-state index in [4.69, 9.17) is 27.9 Å². The van der Waals surface area contributed by atoms with Crippen molar-refractivity contribution in [1.29, 1.82) is 0 Å². The van der Waals surface area contributed by atoms with Gasteiger partial charge in [-0.15, -0.1) is 0 Å². The van der Waals surface area contributed by atoms with E-state index in [0.29, 0.717) is 32.9 Å². The van der Waals surface area contributed by atoms with Gasteiger partial charge >= 0.3 is 5.95 Å². The summed E-state index contributed by atoms with van der Waals surface area (Å²) in [5.41, 5.74) is 0.711. The highest BCUT2D eigenvalue weighted by molar-refractivity contribution is 6.35. The van der Waals surface area contributed by atoms with E-state index < -0.39 is 4.92 Å². The van der Waals surface area contributed by atoms with Crippen molar-refractivity contribution in [3.05, 3.63) is 44.2 Å². The number of halogens is 2. The molecular formula is C12H9Cl2N5O3. The Morgan fingerprint density at radius 2 is 2.18 bits per heavy atom. The smallest absolute Gasteiger partial charge is 0.438 e. The molecule has 0 saturated heterocycles. The van der Waals surface area contributed by atoms with Crippen LogP contribution in [0.25, 0.3) is 11.3 Å². The highest BCUT2D eigenvalue weighted by Gasteiger charge is 2.22. The Bertz CT molecular complexity index is 873. The van der Waals surface area contributed by atoms with Crippen molar-refractivity contribution in [2.75, 3.05) is 0 Å². The van der Waals surface area contributed by atoms with Crippen LogP contribution in [0.4, 0.5) is 5.95 Å². The summed E-state index contributed by atoms with van der Waals surface area (Å²) >= 11 is 11.8. The number of benzene rings is 1. The number of nitrogens with one attached hydrogen (secondary N) is 1. The Morgan fingerprint density at radius 3 is 2.82 bits per heavy atom. The molecule has 0 bridgehead atoms. The Kier molecular flexibility index (Phi) is 3.63. The number of nitro groups is 1. The number of imidazole rings is 2. The van der Waals surface area contributed by atoms with Gasteiger partial charge in [0.05, 0.1) is 12.1 Å². The van der Waals surface area contributed by atoms with Crippen LogP contribution in [0, 0.1) is 10.1 Å². The molecule has 10 heteroatoms. The van der Waals surface area contributed by atoms with Gasteiger partial charge in [-0.1, -0.05) is 23.2 Å². The van der Waals surface area contributed by atoms with Gasteiger partial charge in [-0.05, 0) is 28.1 Å². The lowest BCUT2D eigenvalue weighted by Crippen LogP contribution is -2.01. The summed E-state index contributed by atoms with van der Waals surface area (Å²) in [6.07, 6.45) is 0. The quantitative estimate of drug-likeness (QED) is 0.580. The molecule has 2 aromatic heterocycles. The van der Waals surface area contributed by atoms with E-state index in [0.717, 1.165) is 0 Å². The number of aromatic nitrogens is 4. The highest BCUT2D eigenvalue weighted by atomic mass is 35.5. The maximum Gasteiger partial charge on any atom is 0.438 e. The van der Waals surface area contributed by atoms with Crippen LogP contribution in [0.3, 0.4) is 0 Å². The molecular weight excluding hydrogens is 333 g/mol. The van der Waals surface area contributed by atoms with Crippen molar-refractivity contribution in [3.63, 3.8) is 0 Å². The molecule has 3 rings (SSSR count). The standard InChI is InChI=1S/C12H9Cl2N5O3/c1-18-11-10(17-12(18)19(20)21)15-9(16-11)5-22-8-3-2-6(13)4-7(8)14/h2-4H,5H2,1H3,(H,15,16). The molecule has 0 aliphatic heterocycles. The van der Waals surface area contributed by atoms with Gasteiger partial charge in [0.2, 0.25) is 0 Å².